The van der Waals surface area contributed by atoms with Gasteiger partial charge in [-0.3, -0.25) is 4.79 Å². The maximum Gasteiger partial charge on any atom is 0.185 e. The summed E-state index contributed by atoms with van der Waals surface area (Å²) < 4.78 is 5.17. The Morgan fingerprint density at radius 1 is 1.62 bits per heavy atom. The summed E-state index contributed by atoms with van der Waals surface area (Å²) in [7, 11) is 1.75. The van der Waals surface area contributed by atoms with E-state index in [4.69, 9.17) is 4.74 Å². The van der Waals surface area contributed by atoms with Crippen molar-refractivity contribution in [2.45, 2.75) is 12.8 Å². The first-order chi connectivity index (χ1) is 7.83. The molecule has 0 unspecified atom stereocenters. The molecule has 0 aliphatic carbocycles. The Hall–Kier alpha value is -0.940. The van der Waals surface area contributed by atoms with Crippen molar-refractivity contribution in [2.75, 3.05) is 31.7 Å². The van der Waals surface area contributed by atoms with E-state index in [1.54, 1.807) is 13.3 Å². The summed E-state index contributed by atoms with van der Waals surface area (Å²) in [5.74, 6) is 0.673. The van der Waals surface area contributed by atoms with Gasteiger partial charge in [0.05, 0.1) is 11.1 Å². The number of methoxy groups -OCH3 is 1. The smallest absolute Gasteiger partial charge is 0.185 e. The zero-order valence-electron chi connectivity index (χ0n) is 9.39. The molecule has 1 aliphatic heterocycles. The molecule has 1 fully saturated rings. The van der Waals surface area contributed by atoms with Gasteiger partial charge < -0.3 is 9.64 Å². The lowest BCUT2D eigenvalue weighted by atomic mass is 9.98. The van der Waals surface area contributed by atoms with E-state index < -0.39 is 0 Å². The van der Waals surface area contributed by atoms with E-state index >= 15 is 0 Å². The molecule has 2 rings (SSSR count). The van der Waals surface area contributed by atoms with Gasteiger partial charge in [0.15, 0.2) is 11.4 Å². The van der Waals surface area contributed by atoms with Crippen LogP contribution in [-0.2, 0) is 4.74 Å². The Kier molecular flexibility index (Phi) is 3.90. The van der Waals surface area contributed by atoms with Gasteiger partial charge in [-0.1, -0.05) is 11.3 Å². The van der Waals surface area contributed by atoms with Crippen LogP contribution in [0.5, 0.6) is 0 Å². The van der Waals surface area contributed by atoms with Crippen LogP contribution in [0.1, 0.15) is 22.5 Å². The Labute approximate surface area is 99.2 Å². The summed E-state index contributed by atoms with van der Waals surface area (Å²) in [6.45, 7) is 2.88. The average molecular weight is 240 g/mol. The van der Waals surface area contributed by atoms with Gasteiger partial charge in [-0.2, -0.15) is 0 Å². The minimum Gasteiger partial charge on any atom is -0.384 e. The molecule has 0 N–H and O–H groups in total. The highest BCUT2D eigenvalue weighted by Gasteiger charge is 2.20. The van der Waals surface area contributed by atoms with Crippen molar-refractivity contribution in [1.82, 2.24) is 4.98 Å². The molecule has 1 aliphatic rings. The molecule has 1 aromatic rings. The van der Waals surface area contributed by atoms with Gasteiger partial charge in [0.2, 0.25) is 0 Å². The maximum atomic E-state index is 10.6. The zero-order chi connectivity index (χ0) is 11.4. The number of ether oxygens (including phenoxy) is 1. The lowest BCUT2D eigenvalue weighted by Gasteiger charge is -2.31. The van der Waals surface area contributed by atoms with Crippen LogP contribution in [0.4, 0.5) is 5.13 Å². The lowest BCUT2D eigenvalue weighted by Crippen LogP contribution is -2.34. The Bertz CT molecular complexity index is 346. The van der Waals surface area contributed by atoms with Crippen molar-refractivity contribution in [1.29, 1.82) is 0 Å². The third kappa shape index (κ3) is 2.59. The van der Waals surface area contributed by atoms with E-state index in [1.807, 2.05) is 0 Å². The Morgan fingerprint density at radius 3 is 2.94 bits per heavy atom. The maximum absolute atomic E-state index is 10.6. The van der Waals surface area contributed by atoms with Crippen molar-refractivity contribution in [3.8, 4) is 0 Å². The van der Waals surface area contributed by atoms with Crippen molar-refractivity contribution >= 4 is 22.8 Å². The molecule has 0 aromatic carbocycles. The first-order valence-corrected chi connectivity index (χ1v) is 6.30. The van der Waals surface area contributed by atoms with Gasteiger partial charge in [0, 0.05) is 26.8 Å². The van der Waals surface area contributed by atoms with Crippen LogP contribution < -0.4 is 4.90 Å². The Morgan fingerprint density at radius 2 is 2.38 bits per heavy atom. The number of nitrogens with zero attached hydrogens (tertiary/aromatic N) is 2. The van der Waals surface area contributed by atoms with E-state index in [0.717, 1.165) is 44.0 Å². The summed E-state index contributed by atoms with van der Waals surface area (Å²) in [4.78, 5) is 17.8. The second-order valence-corrected chi connectivity index (χ2v) is 5.09. The van der Waals surface area contributed by atoms with Crippen LogP contribution in [0.25, 0.3) is 0 Å². The van der Waals surface area contributed by atoms with Crippen molar-refractivity contribution in [3.05, 3.63) is 11.1 Å². The van der Waals surface area contributed by atoms with E-state index in [1.165, 1.54) is 11.3 Å². The van der Waals surface area contributed by atoms with Gasteiger partial charge in [-0.05, 0) is 18.8 Å². The van der Waals surface area contributed by atoms with E-state index in [9.17, 15) is 4.79 Å². The monoisotopic (exact) mass is 240 g/mol. The van der Waals surface area contributed by atoms with Crippen LogP contribution in [0.2, 0.25) is 0 Å². The fraction of sp³-hybridized carbons (Fsp3) is 0.636. The van der Waals surface area contributed by atoms with E-state index in [0.29, 0.717) is 10.8 Å². The number of carbonyl (C=O) groups is 1. The third-order valence-corrected chi connectivity index (χ3v) is 3.90. The number of hydrogen-bond acceptors (Lipinski definition) is 5. The minimum absolute atomic E-state index is 0.673. The van der Waals surface area contributed by atoms with Gasteiger partial charge in [0.25, 0.3) is 0 Å². The first kappa shape index (κ1) is 11.5. The standard InChI is InChI=1S/C11H16N2O2S/c1-15-8-9-2-4-13(5-3-9)11-12-6-10(7-14)16-11/h6-7,9H,2-5,8H2,1H3. The summed E-state index contributed by atoms with van der Waals surface area (Å²) in [6, 6.07) is 0. The van der Waals surface area contributed by atoms with Crippen LogP contribution in [0.15, 0.2) is 6.20 Å². The van der Waals surface area contributed by atoms with Crippen LogP contribution >= 0.6 is 11.3 Å². The highest BCUT2D eigenvalue weighted by atomic mass is 32.1. The SMILES string of the molecule is COCC1CCN(c2ncc(C=O)s2)CC1. The van der Waals surface area contributed by atoms with Crippen molar-refractivity contribution in [2.24, 2.45) is 5.92 Å². The molecule has 4 nitrogen and oxygen atoms in total. The first-order valence-electron chi connectivity index (χ1n) is 5.48. The predicted octanol–water partition coefficient (Wildman–Crippen LogP) is 1.82. The largest absolute Gasteiger partial charge is 0.384 e. The second-order valence-electron chi connectivity index (χ2n) is 4.05. The van der Waals surface area contributed by atoms with E-state index in [-0.39, 0.29) is 0 Å². The molecular weight excluding hydrogens is 224 g/mol. The number of carbonyl (C=O) groups excluding carboxylic acids is 1. The van der Waals surface area contributed by atoms with Crippen molar-refractivity contribution < 1.29 is 9.53 Å². The second kappa shape index (κ2) is 5.41. The molecule has 0 saturated carbocycles. The highest BCUT2D eigenvalue weighted by molar-refractivity contribution is 7.17. The highest BCUT2D eigenvalue weighted by Crippen LogP contribution is 2.26. The molecule has 0 spiro atoms. The fourth-order valence-corrected chi connectivity index (χ4v) is 2.79. The topological polar surface area (TPSA) is 42.4 Å². The normalized spacial score (nSPS) is 17.7. The molecule has 16 heavy (non-hydrogen) atoms. The van der Waals surface area contributed by atoms with Gasteiger partial charge in [-0.15, -0.1) is 0 Å². The van der Waals surface area contributed by atoms with Gasteiger partial charge in [0.1, 0.15) is 0 Å². The number of aromatic nitrogens is 1. The molecule has 1 aromatic heterocycles. The quantitative estimate of drug-likeness (QED) is 0.753. The number of hydrogen-bond donors (Lipinski definition) is 0. The van der Waals surface area contributed by atoms with Crippen LogP contribution in [0.3, 0.4) is 0 Å². The molecule has 0 bridgehead atoms. The summed E-state index contributed by atoms with van der Waals surface area (Å²) >= 11 is 1.47. The average Bonchev–Trinajstić information content (AvgIpc) is 2.79. The van der Waals surface area contributed by atoms with Crippen LogP contribution in [0, 0.1) is 5.92 Å². The zero-order valence-corrected chi connectivity index (χ0v) is 10.2. The molecule has 0 radical (unpaired) electrons. The molecule has 1 saturated heterocycles. The number of aldehydes is 1. The molecule has 0 atom stereocenters. The van der Waals surface area contributed by atoms with Crippen LogP contribution in [-0.4, -0.2) is 38.1 Å². The molecular formula is C11H16N2O2S. The van der Waals surface area contributed by atoms with E-state index in [2.05, 4.69) is 9.88 Å². The number of rotatable bonds is 4. The lowest BCUT2D eigenvalue weighted by molar-refractivity contribution is 0.112. The Balaban J connectivity index is 1.91. The molecule has 88 valence electrons. The number of piperidine rings is 1. The summed E-state index contributed by atoms with van der Waals surface area (Å²) in [5, 5.41) is 0.970. The fourth-order valence-electron chi connectivity index (χ4n) is 2.00. The minimum atomic E-state index is 0.673. The summed E-state index contributed by atoms with van der Waals surface area (Å²) in [6.07, 6.45) is 4.79. The molecule has 5 heteroatoms. The number of thiazole rings is 1. The third-order valence-electron chi connectivity index (χ3n) is 2.91. The molecule has 0 amide bonds. The molecule has 2 heterocycles. The van der Waals surface area contributed by atoms with Crippen molar-refractivity contribution in [3.63, 3.8) is 0 Å². The predicted molar refractivity (Wildman–Crippen MR) is 64.3 cm³/mol. The van der Waals surface area contributed by atoms with Gasteiger partial charge in [-0.25, -0.2) is 4.98 Å². The summed E-state index contributed by atoms with van der Waals surface area (Å²) in [5.41, 5.74) is 0. The van der Waals surface area contributed by atoms with Gasteiger partial charge >= 0.3 is 0 Å². The number of anilines is 1.